The molecule has 11 heteroatoms. The van der Waals surface area contributed by atoms with Gasteiger partial charge in [0.05, 0.1) is 29.9 Å². The summed E-state index contributed by atoms with van der Waals surface area (Å²) < 4.78 is 65.1. The van der Waals surface area contributed by atoms with E-state index >= 15 is 0 Å². The van der Waals surface area contributed by atoms with Gasteiger partial charge in [-0.3, -0.25) is 4.79 Å². The number of oxazole rings is 1. The van der Waals surface area contributed by atoms with Crippen molar-refractivity contribution in [1.82, 2.24) is 14.6 Å². The van der Waals surface area contributed by atoms with Crippen LogP contribution in [-0.2, 0) is 32.5 Å². The van der Waals surface area contributed by atoms with Gasteiger partial charge in [-0.15, -0.1) is 0 Å². The van der Waals surface area contributed by atoms with Gasteiger partial charge in [-0.25, -0.2) is 22.2 Å². The number of halogens is 2. The molecule has 8 nitrogen and oxygen atoms in total. The SMILES string of the molecule is O=C(CCc1ncc(-c2c(F)cccc2F)o1)NCc1ccc(S(=O)(=O)N2CCOCC2)cc1. The third kappa shape index (κ3) is 5.49. The number of benzene rings is 2. The number of hydrogen-bond acceptors (Lipinski definition) is 6. The van der Waals surface area contributed by atoms with Crippen LogP contribution in [0.3, 0.4) is 0 Å². The van der Waals surface area contributed by atoms with E-state index in [1.165, 1.54) is 28.7 Å². The molecule has 4 rings (SSSR count). The molecule has 1 amide bonds. The van der Waals surface area contributed by atoms with Crippen molar-refractivity contribution >= 4 is 15.9 Å². The maximum Gasteiger partial charge on any atom is 0.243 e. The summed E-state index contributed by atoms with van der Waals surface area (Å²) in [6.45, 7) is 1.60. The molecule has 34 heavy (non-hydrogen) atoms. The van der Waals surface area contributed by atoms with E-state index in [0.717, 1.165) is 17.7 Å². The van der Waals surface area contributed by atoms with Crippen LogP contribution in [0.15, 0.2) is 58.0 Å². The number of carbonyl (C=O) groups excluding carboxylic acids is 1. The number of nitrogens with one attached hydrogen (secondary N) is 1. The normalized spacial score (nSPS) is 14.8. The maximum atomic E-state index is 13.9. The minimum absolute atomic E-state index is 0.0434. The lowest BCUT2D eigenvalue weighted by atomic mass is 10.1. The fraction of sp³-hybridized carbons (Fsp3) is 0.304. The van der Waals surface area contributed by atoms with E-state index < -0.39 is 21.7 Å². The number of amides is 1. The van der Waals surface area contributed by atoms with Crippen molar-refractivity contribution in [2.24, 2.45) is 0 Å². The van der Waals surface area contributed by atoms with Gasteiger partial charge >= 0.3 is 0 Å². The maximum absolute atomic E-state index is 13.9. The van der Waals surface area contributed by atoms with Crippen LogP contribution < -0.4 is 5.32 Å². The second kappa shape index (κ2) is 10.4. The first-order chi connectivity index (χ1) is 16.3. The molecule has 1 N–H and O–H groups in total. The number of rotatable bonds is 8. The first kappa shape index (κ1) is 24.0. The Bertz CT molecular complexity index is 1240. The van der Waals surface area contributed by atoms with Crippen LogP contribution in [-0.4, -0.2) is 49.9 Å². The highest BCUT2D eigenvalue weighted by atomic mass is 32.2. The van der Waals surface area contributed by atoms with Crippen LogP contribution in [0.5, 0.6) is 0 Å². The number of sulfonamides is 1. The molecule has 3 aromatic rings. The summed E-state index contributed by atoms with van der Waals surface area (Å²) in [5, 5.41) is 2.74. The second-order valence-electron chi connectivity index (χ2n) is 7.65. The summed E-state index contributed by atoms with van der Waals surface area (Å²) in [5.74, 6) is -1.65. The molecule has 0 aliphatic carbocycles. The summed E-state index contributed by atoms with van der Waals surface area (Å²) in [5.41, 5.74) is 0.437. The summed E-state index contributed by atoms with van der Waals surface area (Å²) in [7, 11) is -3.57. The van der Waals surface area contributed by atoms with E-state index in [9.17, 15) is 22.0 Å². The van der Waals surface area contributed by atoms with Crippen LogP contribution >= 0.6 is 0 Å². The number of morpholine rings is 1. The van der Waals surface area contributed by atoms with Crippen LogP contribution in [0, 0.1) is 11.6 Å². The molecular formula is C23H23F2N3O5S. The van der Waals surface area contributed by atoms with E-state index in [0.29, 0.717) is 26.3 Å². The Labute approximate surface area is 195 Å². The Hall–Kier alpha value is -3.15. The third-order valence-corrected chi connectivity index (χ3v) is 7.26. The van der Waals surface area contributed by atoms with Gasteiger partial charge in [0.25, 0.3) is 0 Å². The predicted molar refractivity (Wildman–Crippen MR) is 118 cm³/mol. The van der Waals surface area contributed by atoms with Crippen LogP contribution in [0.1, 0.15) is 17.9 Å². The molecule has 0 radical (unpaired) electrons. The molecule has 2 aromatic carbocycles. The third-order valence-electron chi connectivity index (χ3n) is 5.35. The fourth-order valence-electron chi connectivity index (χ4n) is 3.50. The van der Waals surface area contributed by atoms with Crippen LogP contribution in [0.2, 0.25) is 0 Å². The van der Waals surface area contributed by atoms with E-state index in [2.05, 4.69) is 10.3 Å². The molecule has 1 aliphatic rings. The molecule has 1 aromatic heterocycles. The zero-order chi connectivity index (χ0) is 24.1. The topological polar surface area (TPSA) is 102 Å². The lowest BCUT2D eigenvalue weighted by molar-refractivity contribution is -0.121. The van der Waals surface area contributed by atoms with Crippen molar-refractivity contribution < 1.29 is 31.1 Å². The first-order valence-electron chi connectivity index (χ1n) is 10.7. The minimum Gasteiger partial charge on any atom is -0.441 e. The standard InChI is InChI=1S/C23H23F2N3O5S/c24-18-2-1-3-19(25)23(18)20-15-27-22(33-20)9-8-21(29)26-14-16-4-6-17(7-5-16)34(30,31)28-10-12-32-13-11-28/h1-7,15H,8-14H2,(H,26,29). The van der Waals surface area contributed by atoms with Gasteiger partial charge in [0.1, 0.15) is 11.6 Å². The number of ether oxygens (including phenoxy) is 1. The van der Waals surface area contributed by atoms with Crippen molar-refractivity contribution in [3.05, 3.63) is 71.8 Å². The van der Waals surface area contributed by atoms with Crippen LogP contribution in [0.4, 0.5) is 8.78 Å². The number of carbonyl (C=O) groups is 1. The molecule has 180 valence electrons. The first-order valence-corrected chi connectivity index (χ1v) is 12.1. The van der Waals surface area contributed by atoms with E-state index in [-0.39, 0.29) is 47.4 Å². The number of nitrogens with zero attached hydrogens (tertiary/aromatic N) is 2. The van der Waals surface area contributed by atoms with Crippen molar-refractivity contribution in [1.29, 1.82) is 0 Å². The quantitative estimate of drug-likeness (QED) is 0.520. The van der Waals surface area contributed by atoms with E-state index in [1.54, 1.807) is 12.1 Å². The van der Waals surface area contributed by atoms with Crippen molar-refractivity contribution in [2.75, 3.05) is 26.3 Å². The fourth-order valence-corrected chi connectivity index (χ4v) is 4.91. The largest absolute Gasteiger partial charge is 0.441 e. The smallest absolute Gasteiger partial charge is 0.243 e. The van der Waals surface area contributed by atoms with Gasteiger partial charge < -0.3 is 14.5 Å². The number of hydrogen-bond donors (Lipinski definition) is 1. The van der Waals surface area contributed by atoms with Gasteiger partial charge in [0.15, 0.2) is 11.7 Å². The number of aryl methyl sites for hydroxylation is 1. The molecule has 2 heterocycles. The summed E-state index contributed by atoms with van der Waals surface area (Å²) >= 11 is 0. The predicted octanol–water partition coefficient (Wildman–Crippen LogP) is 2.89. The van der Waals surface area contributed by atoms with Gasteiger partial charge in [-0.05, 0) is 29.8 Å². The highest BCUT2D eigenvalue weighted by molar-refractivity contribution is 7.89. The zero-order valence-electron chi connectivity index (χ0n) is 18.2. The lowest BCUT2D eigenvalue weighted by Gasteiger charge is -2.26. The lowest BCUT2D eigenvalue weighted by Crippen LogP contribution is -2.40. The van der Waals surface area contributed by atoms with Gasteiger partial charge in [0, 0.05) is 32.5 Å². The Balaban J connectivity index is 1.28. The van der Waals surface area contributed by atoms with Crippen molar-refractivity contribution in [3.8, 4) is 11.3 Å². The average molecular weight is 492 g/mol. The summed E-state index contributed by atoms with van der Waals surface area (Å²) in [4.78, 5) is 16.4. The molecule has 1 fully saturated rings. The second-order valence-corrected chi connectivity index (χ2v) is 9.59. The van der Waals surface area contributed by atoms with Gasteiger partial charge in [-0.2, -0.15) is 4.31 Å². The molecular weight excluding hydrogens is 468 g/mol. The Morgan fingerprint density at radius 3 is 2.41 bits per heavy atom. The average Bonchev–Trinajstić information content (AvgIpc) is 3.30. The van der Waals surface area contributed by atoms with E-state index in [4.69, 9.17) is 9.15 Å². The summed E-state index contributed by atoms with van der Waals surface area (Å²) in [6.07, 6.45) is 1.43. The highest BCUT2D eigenvalue weighted by Crippen LogP contribution is 2.26. The molecule has 0 atom stereocenters. The van der Waals surface area contributed by atoms with Crippen molar-refractivity contribution in [2.45, 2.75) is 24.3 Å². The monoisotopic (exact) mass is 491 g/mol. The molecule has 0 bridgehead atoms. The molecule has 0 spiro atoms. The Morgan fingerprint density at radius 1 is 1.06 bits per heavy atom. The van der Waals surface area contributed by atoms with E-state index in [1.807, 2.05) is 0 Å². The van der Waals surface area contributed by atoms with Gasteiger partial charge in [0.2, 0.25) is 15.9 Å². The molecule has 0 unspecified atom stereocenters. The molecule has 1 aliphatic heterocycles. The van der Waals surface area contributed by atoms with Crippen molar-refractivity contribution in [3.63, 3.8) is 0 Å². The Morgan fingerprint density at radius 2 is 1.74 bits per heavy atom. The zero-order valence-corrected chi connectivity index (χ0v) is 19.0. The minimum atomic E-state index is -3.57. The Kier molecular flexibility index (Phi) is 7.35. The molecule has 0 saturated carbocycles. The highest BCUT2D eigenvalue weighted by Gasteiger charge is 2.26. The van der Waals surface area contributed by atoms with Gasteiger partial charge in [-0.1, -0.05) is 18.2 Å². The van der Waals surface area contributed by atoms with Crippen LogP contribution in [0.25, 0.3) is 11.3 Å². The summed E-state index contributed by atoms with van der Waals surface area (Å²) in [6, 6.07) is 9.84. The number of aromatic nitrogens is 1. The molecule has 1 saturated heterocycles.